The molecule has 0 aliphatic carbocycles. The van der Waals surface area contributed by atoms with Crippen LogP contribution in [0.15, 0.2) is 12.4 Å². The van der Waals surface area contributed by atoms with Gasteiger partial charge in [-0.25, -0.2) is 4.98 Å². The highest BCUT2D eigenvalue weighted by atomic mass is 35.5. The van der Waals surface area contributed by atoms with Gasteiger partial charge in [-0.05, 0) is 0 Å². The first-order valence-corrected chi connectivity index (χ1v) is 4.54. The van der Waals surface area contributed by atoms with E-state index < -0.39 is 0 Å². The Balaban J connectivity index is 2.42. The van der Waals surface area contributed by atoms with E-state index in [4.69, 9.17) is 16.3 Å². The predicted octanol–water partition coefficient (Wildman–Crippen LogP) is 0.967. The number of hydrogen-bond acceptors (Lipinski definition) is 4. The monoisotopic (exact) mass is 212 g/mol. The van der Waals surface area contributed by atoms with E-state index in [0.29, 0.717) is 23.8 Å². The molecular formula is C8H9ClN4O. The van der Waals surface area contributed by atoms with Gasteiger partial charge in [0.2, 0.25) is 0 Å². The summed E-state index contributed by atoms with van der Waals surface area (Å²) in [7, 11) is 1.65. The first-order valence-electron chi connectivity index (χ1n) is 4.16. The maximum atomic E-state index is 5.84. The van der Waals surface area contributed by atoms with Crippen LogP contribution in [0.5, 0.6) is 0 Å². The highest BCUT2D eigenvalue weighted by Gasteiger charge is 2.07. The third-order valence-corrected chi connectivity index (χ3v) is 2.15. The molecule has 0 fully saturated rings. The van der Waals surface area contributed by atoms with Gasteiger partial charge >= 0.3 is 0 Å². The van der Waals surface area contributed by atoms with E-state index in [2.05, 4.69) is 15.2 Å². The van der Waals surface area contributed by atoms with Gasteiger partial charge in [-0.1, -0.05) is 11.6 Å². The van der Waals surface area contributed by atoms with Crippen molar-refractivity contribution in [1.29, 1.82) is 0 Å². The molecule has 14 heavy (non-hydrogen) atoms. The number of hydrogen-bond donors (Lipinski definition) is 0. The van der Waals surface area contributed by atoms with Crippen molar-refractivity contribution in [2.75, 3.05) is 13.7 Å². The van der Waals surface area contributed by atoms with Crippen LogP contribution in [0, 0.1) is 0 Å². The molecule has 6 heteroatoms. The van der Waals surface area contributed by atoms with Crippen molar-refractivity contribution in [3.8, 4) is 0 Å². The molecule has 5 nitrogen and oxygen atoms in total. The van der Waals surface area contributed by atoms with Gasteiger partial charge in [0.25, 0.3) is 0 Å². The Morgan fingerprint density at radius 3 is 3.14 bits per heavy atom. The Morgan fingerprint density at radius 1 is 1.50 bits per heavy atom. The average molecular weight is 213 g/mol. The fourth-order valence-corrected chi connectivity index (χ4v) is 1.39. The lowest BCUT2D eigenvalue weighted by Crippen LogP contribution is -2.00. The molecule has 0 saturated heterocycles. The van der Waals surface area contributed by atoms with Gasteiger partial charge < -0.3 is 4.74 Å². The first kappa shape index (κ1) is 9.36. The Kier molecular flexibility index (Phi) is 2.60. The maximum absolute atomic E-state index is 5.84. The summed E-state index contributed by atoms with van der Waals surface area (Å²) < 4.78 is 6.78. The zero-order chi connectivity index (χ0) is 9.97. The highest BCUT2D eigenvalue weighted by Crippen LogP contribution is 2.12. The second-order valence-corrected chi connectivity index (χ2v) is 3.13. The summed E-state index contributed by atoms with van der Waals surface area (Å²) in [6.45, 7) is 0.612. The molecule has 0 aromatic carbocycles. The van der Waals surface area contributed by atoms with Gasteiger partial charge in [-0.2, -0.15) is 0 Å². The second kappa shape index (κ2) is 3.89. The topological polar surface area (TPSA) is 52.3 Å². The van der Waals surface area contributed by atoms with Crippen molar-refractivity contribution >= 4 is 17.2 Å². The molecular weight excluding hydrogens is 204 g/mol. The molecule has 0 aliphatic rings. The lowest BCUT2D eigenvalue weighted by atomic mass is 10.4. The van der Waals surface area contributed by atoms with Crippen LogP contribution < -0.4 is 0 Å². The maximum Gasteiger partial charge on any atom is 0.198 e. The van der Waals surface area contributed by atoms with Gasteiger partial charge in [-0.3, -0.25) is 4.40 Å². The molecule has 0 amide bonds. The minimum Gasteiger partial charge on any atom is -0.384 e. The van der Waals surface area contributed by atoms with E-state index in [9.17, 15) is 0 Å². The Bertz CT molecular complexity index is 442. The fourth-order valence-electron chi connectivity index (χ4n) is 1.21. The van der Waals surface area contributed by atoms with Gasteiger partial charge in [0, 0.05) is 25.9 Å². The average Bonchev–Trinajstić information content (AvgIpc) is 2.60. The summed E-state index contributed by atoms with van der Waals surface area (Å²) >= 11 is 5.84. The number of nitrogens with zero attached hydrogens (tertiary/aromatic N) is 4. The SMILES string of the molecule is COCCc1nnc2c(Cl)nccn12. The zero-order valence-electron chi connectivity index (χ0n) is 7.64. The van der Waals surface area contributed by atoms with Crippen molar-refractivity contribution in [2.45, 2.75) is 6.42 Å². The summed E-state index contributed by atoms with van der Waals surface area (Å²) in [5, 5.41) is 8.30. The molecule has 0 unspecified atom stereocenters. The smallest absolute Gasteiger partial charge is 0.198 e. The quantitative estimate of drug-likeness (QED) is 0.761. The van der Waals surface area contributed by atoms with Crippen molar-refractivity contribution in [3.05, 3.63) is 23.4 Å². The van der Waals surface area contributed by atoms with E-state index in [-0.39, 0.29) is 0 Å². The van der Waals surface area contributed by atoms with Crippen LogP contribution in [0.2, 0.25) is 5.15 Å². The van der Waals surface area contributed by atoms with Crippen LogP contribution in [0.25, 0.3) is 5.65 Å². The molecule has 2 aromatic rings. The highest BCUT2D eigenvalue weighted by molar-refractivity contribution is 6.32. The van der Waals surface area contributed by atoms with E-state index >= 15 is 0 Å². The Labute approximate surface area is 85.7 Å². The normalized spacial score (nSPS) is 11.0. The predicted molar refractivity (Wildman–Crippen MR) is 51.4 cm³/mol. The number of halogens is 1. The van der Waals surface area contributed by atoms with Gasteiger partial charge in [-0.15, -0.1) is 10.2 Å². The third-order valence-electron chi connectivity index (χ3n) is 1.88. The third kappa shape index (κ3) is 1.56. The van der Waals surface area contributed by atoms with Crippen molar-refractivity contribution in [1.82, 2.24) is 19.6 Å². The van der Waals surface area contributed by atoms with Crippen molar-refractivity contribution in [2.24, 2.45) is 0 Å². The second-order valence-electron chi connectivity index (χ2n) is 2.77. The molecule has 2 heterocycles. The number of methoxy groups -OCH3 is 1. The van der Waals surface area contributed by atoms with E-state index in [1.807, 2.05) is 4.40 Å². The molecule has 0 radical (unpaired) electrons. The number of fused-ring (bicyclic) bond motifs is 1. The first-order chi connectivity index (χ1) is 6.83. The van der Waals surface area contributed by atoms with Crippen molar-refractivity contribution in [3.63, 3.8) is 0 Å². The number of ether oxygens (including phenoxy) is 1. The molecule has 2 aromatic heterocycles. The summed E-state index contributed by atoms with van der Waals surface area (Å²) in [5.41, 5.74) is 0.584. The summed E-state index contributed by atoms with van der Waals surface area (Å²) in [6, 6.07) is 0. The van der Waals surface area contributed by atoms with E-state index in [0.717, 1.165) is 5.82 Å². The van der Waals surface area contributed by atoms with E-state index in [1.54, 1.807) is 19.5 Å². The van der Waals surface area contributed by atoms with Crippen LogP contribution in [0.4, 0.5) is 0 Å². The minimum atomic E-state index is 0.365. The van der Waals surface area contributed by atoms with Gasteiger partial charge in [0.05, 0.1) is 6.61 Å². The molecule has 0 bridgehead atoms. The minimum absolute atomic E-state index is 0.365. The standard InChI is InChI=1S/C8H9ClN4O/c1-14-5-2-6-11-12-8-7(9)10-3-4-13(6)8/h3-4H,2,5H2,1H3. The number of aromatic nitrogens is 4. The number of rotatable bonds is 3. The molecule has 0 N–H and O–H groups in total. The molecule has 74 valence electrons. The molecule has 0 aliphatic heterocycles. The largest absolute Gasteiger partial charge is 0.384 e. The van der Waals surface area contributed by atoms with E-state index in [1.165, 1.54) is 0 Å². The molecule has 0 saturated carbocycles. The summed E-state index contributed by atoms with van der Waals surface area (Å²) in [6.07, 6.45) is 4.11. The van der Waals surface area contributed by atoms with Crippen molar-refractivity contribution < 1.29 is 4.74 Å². The van der Waals surface area contributed by atoms with Crippen LogP contribution >= 0.6 is 11.6 Å². The van der Waals surface area contributed by atoms with Crippen LogP contribution in [-0.4, -0.2) is 33.3 Å². The lowest BCUT2D eigenvalue weighted by molar-refractivity contribution is 0.200. The van der Waals surface area contributed by atoms with Gasteiger partial charge in [0.1, 0.15) is 5.82 Å². The zero-order valence-corrected chi connectivity index (χ0v) is 8.40. The van der Waals surface area contributed by atoms with Gasteiger partial charge in [0.15, 0.2) is 10.8 Å². The lowest BCUT2D eigenvalue weighted by Gasteiger charge is -1.98. The Hall–Kier alpha value is -1.20. The summed E-state index contributed by atoms with van der Waals surface area (Å²) in [4.78, 5) is 3.91. The molecule has 0 spiro atoms. The molecule has 0 atom stereocenters. The summed E-state index contributed by atoms with van der Waals surface area (Å²) in [5.74, 6) is 0.825. The van der Waals surface area contributed by atoms with Crippen LogP contribution in [0.3, 0.4) is 0 Å². The molecule has 2 rings (SSSR count). The Morgan fingerprint density at radius 2 is 2.36 bits per heavy atom. The van der Waals surface area contributed by atoms with Crippen LogP contribution in [-0.2, 0) is 11.2 Å². The van der Waals surface area contributed by atoms with Crippen LogP contribution in [0.1, 0.15) is 5.82 Å². The fraction of sp³-hybridized carbons (Fsp3) is 0.375.